The second-order valence-corrected chi connectivity index (χ2v) is 4.00. The number of carbonyl (C=O) groups excluding carboxylic acids is 1. The monoisotopic (exact) mass is 244 g/mol. The first-order valence-electron chi connectivity index (χ1n) is 4.40. The van der Waals surface area contributed by atoms with Gasteiger partial charge in [-0.2, -0.15) is 5.26 Å². The number of hydrogen-bond acceptors (Lipinski definition) is 2. The Kier molecular flexibility index (Phi) is 3.32. The van der Waals surface area contributed by atoms with E-state index >= 15 is 0 Å². The van der Waals surface area contributed by atoms with Gasteiger partial charge in [-0.25, -0.2) is 0 Å². The maximum atomic E-state index is 11.4. The summed E-state index contributed by atoms with van der Waals surface area (Å²) < 4.78 is 0. The smallest absolute Gasteiger partial charge is 0.234 e. The topological polar surface area (TPSA) is 44.1 Å². The molecule has 0 spiro atoms. The van der Waals surface area contributed by atoms with Crippen molar-refractivity contribution in [3.63, 3.8) is 0 Å². The van der Waals surface area contributed by atoms with E-state index in [9.17, 15) is 4.79 Å². The molecule has 0 aromatic heterocycles. The molecule has 4 heteroatoms. The Morgan fingerprint density at radius 2 is 2.15 bits per heavy atom. The van der Waals surface area contributed by atoms with E-state index in [2.05, 4.69) is 22.0 Å². The molecular weight excluding hydrogens is 232 g/mol. The van der Waals surface area contributed by atoms with Crippen LogP contribution in [-0.2, 0) is 4.79 Å². The second-order valence-electron chi connectivity index (χ2n) is 3.44. The molecule has 0 heterocycles. The van der Waals surface area contributed by atoms with Gasteiger partial charge in [0.2, 0.25) is 5.91 Å². The van der Waals surface area contributed by atoms with E-state index < -0.39 is 5.54 Å². The minimum Gasteiger partial charge on any atom is -0.326 e. The first-order chi connectivity index (χ1) is 6.16. The van der Waals surface area contributed by atoms with Crippen LogP contribution in [0.5, 0.6) is 0 Å². The van der Waals surface area contributed by atoms with Crippen molar-refractivity contribution < 1.29 is 4.79 Å². The molecule has 1 aliphatic carbocycles. The van der Waals surface area contributed by atoms with Gasteiger partial charge in [-0.3, -0.25) is 4.79 Å². The lowest BCUT2D eigenvalue weighted by Crippen LogP contribution is -2.47. The van der Waals surface area contributed by atoms with Crippen LogP contribution >= 0.6 is 15.9 Å². The Balaban J connectivity index is 2.77. The fraction of sp³-hybridized carbons (Fsp3) is 0.778. The predicted molar refractivity (Wildman–Crippen MR) is 53.4 cm³/mol. The lowest BCUT2D eigenvalue weighted by molar-refractivity contribution is -0.130. The molecule has 1 amide bonds. The van der Waals surface area contributed by atoms with E-state index in [0.717, 1.165) is 25.7 Å². The van der Waals surface area contributed by atoms with Gasteiger partial charge in [0.1, 0.15) is 5.54 Å². The fourth-order valence-electron chi connectivity index (χ4n) is 1.81. The number of carbonyl (C=O) groups is 1. The normalized spacial score (nSPS) is 19.5. The van der Waals surface area contributed by atoms with Crippen LogP contribution in [0.3, 0.4) is 0 Å². The molecule has 1 rings (SSSR count). The molecule has 3 nitrogen and oxygen atoms in total. The average molecular weight is 245 g/mol. The van der Waals surface area contributed by atoms with Crippen molar-refractivity contribution in [2.75, 3.05) is 12.4 Å². The molecule has 0 radical (unpaired) electrons. The number of halogens is 1. The highest BCUT2D eigenvalue weighted by Gasteiger charge is 2.39. The highest BCUT2D eigenvalue weighted by Crippen LogP contribution is 2.33. The molecule has 0 unspecified atom stereocenters. The fourth-order valence-corrected chi connectivity index (χ4v) is 2.19. The Bertz CT molecular complexity index is 240. The molecule has 1 fully saturated rings. The van der Waals surface area contributed by atoms with Crippen LogP contribution in [0.2, 0.25) is 0 Å². The summed E-state index contributed by atoms with van der Waals surface area (Å²) in [5.41, 5.74) is -0.523. The van der Waals surface area contributed by atoms with E-state index in [1.807, 2.05) is 0 Å². The summed E-state index contributed by atoms with van der Waals surface area (Å²) in [7, 11) is 1.72. The number of amides is 1. The molecule has 0 aromatic carbocycles. The van der Waals surface area contributed by atoms with Crippen molar-refractivity contribution in [2.24, 2.45) is 0 Å². The van der Waals surface area contributed by atoms with E-state index in [1.165, 1.54) is 0 Å². The van der Waals surface area contributed by atoms with Gasteiger partial charge in [-0.05, 0) is 25.7 Å². The summed E-state index contributed by atoms with van der Waals surface area (Å²) >= 11 is 3.12. The third-order valence-corrected chi connectivity index (χ3v) is 3.25. The largest absolute Gasteiger partial charge is 0.326 e. The Labute approximate surface area is 86.8 Å². The lowest BCUT2D eigenvalue weighted by atomic mass is 9.98. The van der Waals surface area contributed by atoms with E-state index in [1.54, 1.807) is 11.9 Å². The van der Waals surface area contributed by atoms with Crippen molar-refractivity contribution in [1.29, 1.82) is 5.26 Å². The Morgan fingerprint density at radius 1 is 1.62 bits per heavy atom. The zero-order chi connectivity index (χ0) is 9.90. The summed E-state index contributed by atoms with van der Waals surface area (Å²) in [4.78, 5) is 13.0. The molecular formula is C9H13BrN2O. The predicted octanol–water partition coefficient (Wildman–Crippen LogP) is 1.68. The van der Waals surface area contributed by atoms with Gasteiger partial charge in [0.25, 0.3) is 0 Å². The molecule has 0 N–H and O–H groups in total. The summed E-state index contributed by atoms with van der Waals surface area (Å²) in [6, 6.07) is 2.28. The molecule has 0 bridgehead atoms. The highest BCUT2D eigenvalue weighted by molar-refractivity contribution is 9.09. The Morgan fingerprint density at radius 3 is 2.54 bits per heavy atom. The summed E-state index contributed by atoms with van der Waals surface area (Å²) in [6.45, 7) is 0. The standard InChI is InChI=1S/C9H13BrN2O/c1-12(8(13)6-10)9(7-11)4-2-3-5-9/h2-6H2,1H3. The molecule has 0 saturated heterocycles. The second kappa shape index (κ2) is 4.10. The van der Waals surface area contributed by atoms with Crippen LogP contribution in [0.4, 0.5) is 0 Å². The quantitative estimate of drug-likeness (QED) is 0.694. The first-order valence-corrected chi connectivity index (χ1v) is 5.52. The van der Waals surface area contributed by atoms with Crippen LogP contribution in [0.1, 0.15) is 25.7 Å². The molecule has 1 aliphatic rings. The molecule has 13 heavy (non-hydrogen) atoms. The highest BCUT2D eigenvalue weighted by atomic mass is 79.9. The maximum Gasteiger partial charge on any atom is 0.234 e. The van der Waals surface area contributed by atoms with Gasteiger partial charge >= 0.3 is 0 Å². The summed E-state index contributed by atoms with van der Waals surface area (Å²) in [6.07, 6.45) is 3.73. The third kappa shape index (κ3) is 1.86. The van der Waals surface area contributed by atoms with Crippen molar-refractivity contribution >= 4 is 21.8 Å². The van der Waals surface area contributed by atoms with Gasteiger partial charge in [-0.1, -0.05) is 15.9 Å². The number of alkyl halides is 1. The number of nitriles is 1. The van der Waals surface area contributed by atoms with Crippen molar-refractivity contribution in [3.8, 4) is 6.07 Å². The van der Waals surface area contributed by atoms with Crippen LogP contribution in [0, 0.1) is 11.3 Å². The number of hydrogen-bond donors (Lipinski definition) is 0. The molecule has 0 atom stereocenters. The SMILES string of the molecule is CN(C(=O)CBr)C1(C#N)CCCC1. The van der Waals surface area contributed by atoms with Crippen molar-refractivity contribution in [1.82, 2.24) is 4.90 Å². The molecule has 0 aromatic rings. The number of rotatable bonds is 2. The van der Waals surface area contributed by atoms with Gasteiger partial charge in [-0.15, -0.1) is 0 Å². The van der Waals surface area contributed by atoms with Crippen LogP contribution in [0.25, 0.3) is 0 Å². The average Bonchev–Trinajstić information content (AvgIpc) is 2.65. The summed E-state index contributed by atoms with van der Waals surface area (Å²) in [5, 5.41) is 9.37. The van der Waals surface area contributed by atoms with Crippen LogP contribution in [0.15, 0.2) is 0 Å². The van der Waals surface area contributed by atoms with Crippen LogP contribution < -0.4 is 0 Å². The van der Waals surface area contributed by atoms with E-state index in [-0.39, 0.29) is 5.91 Å². The lowest BCUT2D eigenvalue weighted by Gasteiger charge is -2.31. The van der Waals surface area contributed by atoms with Crippen molar-refractivity contribution in [3.05, 3.63) is 0 Å². The minimum absolute atomic E-state index is 0.0107. The zero-order valence-corrected chi connectivity index (χ0v) is 9.30. The molecule has 72 valence electrons. The molecule has 1 saturated carbocycles. The summed E-state index contributed by atoms with van der Waals surface area (Å²) in [5.74, 6) is -0.0107. The number of nitrogens with zero attached hydrogens (tertiary/aromatic N) is 2. The minimum atomic E-state index is -0.523. The molecule has 0 aliphatic heterocycles. The Hall–Kier alpha value is -0.560. The van der Waals surface area contributed by atoms with Gasteiger partial charge in [0.05, 0.1) is 11.4 Å². The van der Waals surface area contributed by atoms with Gasteiger partial charge in [0.15, 0.2) is 0 Å². The van der Waals surface area contributed by atoms with E-state index in [0.29, 0.717) is 5.33 Å². The van der Waals surface area contributed by atoms with Gasteiger partial charge in [0, 0.05) is 7.05 Å². The van der Waals surface area contributed by atoms with Crippen LogP contribution in [-0.4, -0.2) is 28.7 Å². The first kappa shape index (κ1) is 10.5. The van der Waals surface area contributed by atoms with Gasteiger partial charge < -0.3 is 4.90 Å². The van der Waals surface area contributed by atoms with Crippen molar-refractivity contribution in [2.45, 2.75) is 31.2 Å². The maximum absolute atomic E-state index is 11.4. The zero-order valence-electron chi connectivity index (χ0n) is 7.72. The van der Waals surface area contributed by atoms with E-state index in [4.69, 9.17) is 5.26 Å². The third-order valence-electron chi connectivity index (χ3n) is 2.77.